The summed E-state index contributed by atoms with van der Waals surface area (Å²) in [4.78, 5) is 12.2. The number of aliphatic hydroxyl groups is 1. The van der Waals surface area contributed by atoms with E-state index >= 15 is 0 Å². The third-order valence-electron chi connectivity index (χ3n) is 5.76. The van der Waals surface area contributed by atoms with Crippen LogP contribution in [-0.2, 0) is 11.8 Å². The molecule has 0 radical (unpaired) electrons. The molecule has 7 nitrogen and oxygen atoms in total. The molecule has 1 aliphatic heterocycles. The fourth-order valence-corrected chi connectivity index (χ4v) is 4.43. The molecule has 2 aromatic heterocycles. The van der Waals surface area contributed by atoms with E-state index in [-0.39, 0.29) is 41.5 Å². The summed E-state index contributed by atoms with van der Waals surface area (Å²) in [5.74, 6) is 0.0874. The summed E-state index contributed by atoms with van der Waals surface area (Å²) in [5, 5.41) is 14.5. The van der Waals surface area contributed by atoms with Crippen LogP contribution in [0.3, 0.4) is 0 Å². The quantitative estimate of drug-likeness (QED) is 0.616. The van der Waals surface area contributed by atoms with E-state index in [1.54, 1.807) is 26.1 Å². The molecule has 3 atom stereocenters. The number of halogens is 3. The Morgan fingerprint density at radius 3 is 2.72 bits per heavy atom. The molecule has 3 heterocycles. The smallest absolute Gasteiger partial charge is 0.418 e. The van der Waals surface area contributed by atoms with Crippen molar-refractivity contribution in [3.8, 4) is 5.75 Å². The molecule has 0 amide bonds. The molecule has 1 fully saturated rings. The summed E-state index contributed by atoms with van der Waals surface area (Å²) in [7, 11) is 0. The number of nitrogens with one attached hydrogen (secondary N) is 1. The summed E-state index contributed by atoms with van der Waals surface area (Å²) < 4.78 is 48.7. The van der Waals surface area contributed by atoms with Gasteiger partial charge in [-0.15, -0.1) is 0 Å². The number of benzene rings is 1. The Balaban J connectivity index is 1.58. The van der Waals surface area contributed by atoms with Crippen LogP contribution in [0.25, 0.3) is 11.0 Å². The van der Waals surface area contributed by atoms with Crippen LogP contribution >= 0.6 is 0 Å². The van der Waals surface area contributed by atoms with Crippen LogP contribution in [0.2, 0.25) is 0 Å². The minimum atomic E-state index is -4.55. The molecule has 172 valence electrons. The minimum Gasteiger partial charge on any atom is -0.492 e. The van der Waals surface area contributed by atoms with Gasteiger partial charge in [-0.25, -0.2) is 15.0 Å². The molecule has 4 rings (SSSR count). The number of imidazole rings is 1. The van der Waals surface area contributed by atoms with Crippen LogP contribution in [-0.4, -0.2) is 43.3 Å². The highest BCUT2D eigenvalue weighted by Crippen LogP contribution is 2.39. The van der Waals surface area contributed by atoms with Gasteiger partial charge < -0.3 is 19.7 Å². The lowest BCUT2D eigenvalue weighted by Gasteiger charge is -2.40. The number of aromatic nitrogens is 4. The first-order valence-corrected chi connectivity index (χ1v) is 10.5. The van der Waals surface area contributed by atoms with Crippen molar-refractivity contribution in [2.75, 3.05) is 6.61 Å². The van der Waals surface area contributed by atoms with Gasteiger partial charge in [-0.2, -0.15) is 13.2 Å². The van der Waals surface area contributed by atoms with Crippen molar-refractivity contribution in [1.82, 2.24) is 24.8 Å². The number of hydrogen-bond donors (Lipinski definition) is 2. The first kappa shape index (κ1) is 22.5. The number of rotatable bonds is 5. The third kappa shape index (κ3) is 4.42. The summed E-state index contributed by atoms with van der Waals surface area (Å²) in [6.07, 6.45) is 0.593. The Bertz CT molecular complexity index is 1090. The highest BCUT2D eigenvalue weighted by molar-refractivity contribution is 5.81. The lowest BCUT2D eigenvalue weighted by atomic mass is 9.81. The molecule has 0 bridgehead atoms. The Hall–Kier alpha value is -2.72. The van der Waals surface area contributed by atoms with Gasteiger partial charge in [-0.05, 0) is 39.3 Å². The highest BCUT2D eigenvalue weighted by Gasteiger charge is 2.40. The van der Waals surface area contributed by atoms with Gasteiger partial charge in [0, 0.05) is 36.8 Å². The third-order valence-corrected chi connectivity index (χ3v) is 5.76. The lowest BCUT2D eigenvalue weighted by Crippen LogP contribution is -2.53. The number of alkyl halides is 3. The molecular weight excluding hydrogens is 423 g/mol. The number of nitrogens with zero attached hydrogens (tertiary/aromatic N) is 4. The van der Waals surface area contributed by atoms with E-state index in [0.717, 1.165) is 6.07 Å². The van der Waals surface area contributed by atoms with Crippen molar-refractivity contribution in [2.45, 2.75) is 63.5 Å². The van der Waals surface area contributed by atoms with Gasteiger partial charge in [0.2, 0.25) is 0 Å². The van der Waals surface area contributed by atoms with Crippen molar-refractivity contribution >= 4 is 11.0 Å². The summed E-state index contributed by atoms with van der Waals surface area (Å²) >= 11 is 0. The molecule has 3 aromatic rings. The van der Waals surface area contributed by atoms with Crippen LogP contribution in [0.4, 0.5) is 13.2 Å². The average molecular weight is 449 g/mol. The zero-order valence-corrected chi connectivity index (χ0v) is 18.1. The zero-order chi connectivity index (χ0) is 23.1. The molecule has 0 aliphatic carbocycles. The first-order valence-electron chi connectivity index (χ1n) is 10.5. The van der Waals surface area contributed by atoms with Crippen LogP contribution in [0.1, 0.15) is 50.9 Å². The normalized spacial score (nSPS) is 24.2. The fourth-order valence-electron chi connectivity index (χ4n) is 4.43. The Morgan fingerprint density at radius 2 is 2.06 bits per heavy atom. The second-order valence-electron chi connectivity index (χ2n) is 8.69. The number of ether oxygens (including phenoxy) is 1. The maximum absolute atomic E-state index is 13.8. The van der Waals surface area contributed by atoms with Gasteiger partial charge in [0.1, 0.15) is 24.3 Å². The second kappa shape index (κ2) is 8.32. The topological polar surface area (TPSA) is 85.1 Å². The maximum atomic E-state index is 13.8. The standard InChI is InChI=1S/C22H26F3N5O2/c1-13(2)30-12-28-18-7-16(6-17(20(18)30)22(23,24)25)32-10-15-9-21(31,8-14(3)29-15)19-4-5-26-11-27-19/h4-7,11-15,29,31H,8-10H2,1-3H3. The highest BCUT2D eigenvalue weighted by atomic mass is 19.4. The molecule has 0 saturated carbocycles. The molecule has 0 spiro atoms. The molecule has 1 aliphatic rings. The van der Waals surface area contributed by atoms with E-state index < -0.39 is 17.3 Å². The van der Waals surface area contributed by atoms with E-state index in [2.05, 4.69) is 20.3 Å². The monoisotopic (exact) mass is 449 g/mol. The van der Waals surface area contributed by atoms with Crippen molar-refractivity contribution in [3.05, 3.63) is 48.3 Å². The zero-order valence-electron chi connectivity index (χ0n) is 18.1. The molecule has 1 aromatic carbocycles. The van der Waals surface area contributed by atoms with E-state index in [1.165, 1.54) is 23.3 Å². The van der Waals surface area contributed by atoms with Crippen molar-refractivity contribution in [1.29, 1.82) is 0 Å². The summed E-state index contributed by atoms with van der Waals surface area (Å²) in [6, 6.07) is 3.73. The minimum absolute atomic E-state index is 0.0349. The molecule has 2 N–H and O–H groups in total. The van der Waals surface area contributed by atoms with Crippen LogP contribution in [0.5, 0.6) is 5.75 Å². The van der Waals surface area contributed by atoms with Gasteiger partial charge in [-0.1, -0.05) is 0 Å². The van der Waals surface area contributed by atoms with Crippen LogP contribution in [0.15, 0.2) is 37.1 Å². The molecular formula is C22H26F3N5O2. The Kier molecular flexibility index (Phi) is 5.85. The van der Waals surface area contributed by atoms with Gasteiger partial charge in [0.15, 0.2) is 0 Å². The predicted molar refractivity (Wildman–Crippen MR) is 112 cm³/mol. The number of hydrogen-bond acceptors (Lipinski definition) is 6. The maximum Gasteiger partial charge on any atom is 0.418 e. The van der Waals surface area contributed by atoms with Crippen molar-refractivity contribution < 1.29 is 23.0 Å². The second-order valence-corrected chi connectivity index (χ2v) is 8.69. The lowest BCUT2D eigenvalue weighted by molar-refractivity contribution is -0.136. The largest absolute Gasteiger partial charge is 0.492 e. The number of piperidine rings is 1. The molecule has 1 saturated heterocycles. The van der Waals surface area contributed by atoms with Crippen molar-refractivity contribution in [3.63, 3.8) is 0 Å². The van der Waals surface area contributed by atoms with Gasteiger partial charge in [0.25, 0.3) is 0 Å². The van der Waals surface area contributed by atoms with Gasteiger partial charge in [-0.3, -0.25) is 0 Å². The van der Waals surface area contributed by atoms with Gasteiger partial charge in [0.05, 0.1) is 28.6 Å². The SMILES string of the molecule is CC1CC(O)(c2ccncn2)CC(COc2cc(C(F)(F)F)c3c(c2)ncn3C(C)C)N1. The Morgan fingerprint density at radius 1 is 1.28 bits per heavy atom. The average Bonchev–Trinajstić information content (AvgIpc) is 3.15. The van der Waals surface area contributed by atoms with Crippen molar-refractivity contribution in [2.24, 2.45) is 0 Å². The van der Waals surface area contributed by atoms with E-state index in [0.29, 0.717) is 18.5 Å². The summed E-state index contributed by atoms with van der Waals surface area (Å²) in [5.41, 5.74) is -1.16. The fraction of sp³-hybridized carbons (Fsp3) is 0.500. The summed E-state index contributed by atoms with van der Waals surface area (Å²) in [6.45, 7) is 5.64. The van der Waals surface area contributed by atoms with Crippen LogP contribution < -0.4 is 10.1 Å². The molecule has 3 unspecified atom stereocenters. The van der Waals surface area contributed by atoms with Gasteiger partial charge >= 0.3 is 6.18 Å². The van der Waals surface area contributed by atoms with E-state index in [1.807, 2.05) is 6.92 Å². The first-order chi connectivity index (χ1) is 15.1. The van der Waals surface area contributed by atoms with E-state index in [9.17, 15) is 18.3 Å². The molecule has 10 heteroatoms. The molecule has 32 heavy (non-hydrogen) atoms. The Labute approximate surface area is 183 Å². The predicted octanol–water partition coefficient (Wildman–Crippen LogP) is 3.83. The van der Waals surface area contributed by atoms with Crippen LogP contribution in [0, 0.1) is 0 Å². The van der Waals surface area contributed by atoms with E-state index in [4.69, 9.17) is 4.74 Å². The number of fused-ring (bicyclic) bond motifs is 1.